The minimum atomic E-state index is -0.00995. The quantitative estimate of drug-likeness (QED) is 0.777. The highest BCUT2D eigenvalue weighted by Crippen LogP contribution is 2.16. The van der Waals surface area contributed by atoms with Crippen LogP contribution in [0.15, 0.2) is 0 Å². The maximum Gasteiger partial charge on any atom is 0.224 e. The zero-order valence-electron chi connectivity index (χ0n) is 10.9. The van der Waals surface area contributed by atoms with Gasteiger partial charge in [-0.15, -0.1) is 0 Å². The second-order valence-corrected chi connectivity index (χ2v) is 3.65. The third-order valence-corrected chi connectivity index (χ3v) is 2.69. The van der Waals surface area contributed by atoms with Crippen molar-refractivity contribution in [1.29, 1.82) is 0 Å². The Balaban J connectivity index is 0.00000106. The topological polar surface area (TPSA) is 49.4 Å². The summed E-state index contributed by atoms with van der Waals surface area (Å²) < 4.78 is 0. The number of piperidine rings is 1. The van der Waals surface area contributed by atoms with Gasteiger partial charge >= 0.3 is 0 Å². The lowest BCUT2D eigenvalue weighted by atomic mass is 9.97. The van der Waals surface area contributed by atoms with E-state index in [1.807, 2.05) is 20.8 Å². The number of rotatable bonds is 2. The molecule has 1 heterocycles. The molecule has 1 atom stereocenters. The molecule has 1 N–H and O–H groups in total. The molecule has 1 unspecified atom stereocenters. The molecule has 0 bridgehead atoms. The fourth-order valence-electron chi connectivity index (χ4n) is 1.85. The molecular formula is C12H24N2O2. The van der Waals surface area contributed by atoms with E-state index in [0.29, 0.717) is 13.0 Å². The summed E-state index contributed by atoms with van der Waals surface area (Å²) in [5, 5.41) is 2.64. The van der Waals surface area contributed by atoms with E-state index in [9.17, 15) is 9.59 Å². The maximum absolute atomic E-state index is 11.4. The summed E-state index contributed by atoms with van der Waals surface area (Å²) in [4.78, 5) is 24.6. The van der Waals surface area contributed by atoms with Crippen LogP contribution in [-0.4, -0.2) is 36.9 Å². The molecule has 0 aromatic heterocycles. The van der Waals surface area contributed by atoms with Crippen molar-refractivity contribution in [3.05, 3.63) is 0 Å². The Morgan fingerprint density at radius 1 is 1.38 bits per heavy atom. The first-order chi connectivity index (χ1) is 7.69. The molecule has 1 rings (SSSR count). The van der Waals surface area contributed by atoms with Crippen molar-refractivity contribution in [3.8, 4) is 0 Å². The van der Waals surface area contributed by atoms with E-state index < -0.39 is 0 Å². The predicted molar refractivity (Wildman–Crippen MR) is 65.0 cm³/mol. The molecule has 1 saturated heterocycles. The number of amides is 2. The van der Waals surface area contributed by atoms with Crippen LogP contribution < -0.4 is 5.32 Å². The van der Waals surface area contributed by atoms with Crippen LogP contribution in [0, 0.1) is 5.92 Å². The third-order valence-electron chi connectivity index (χ3n) is 2.69. The largest absolute Gasteiger partial charge is 0.359 e. The minimum Gasteiger partial charge on any atom is -0.359 e. The molecular weight excluding hydrogens is 204 g/mol. The summed E-state index contributed by atoms with van der Waals surface area (Å²) in [5.41, 5.74) is 0. The second-order valence-electron chi connectivity index (χ2n) is 3.65. The average Bonchev–Trinajstić information content (AvgIpc) is 2.39. The van der Waals surface area contributed by atoms with Gasteiger partial charge in [0.1, 0.15) is 0 Å². The van der Waals surface area contributed by atoms with E-state index in [0.717, 1.165) is 19.4 Å². The van der Waals surface area contributed by atoms with Gasteiger partial charge < -0.3 is 10.2 Å². The van der Waals surface area contributed by atoms with Crippen LogP contribution in [0.25, 0.3) is 0 Å². The second kappa shape index (κ2) is 8.13. The Bertz CT molecular complexity index is 207. The van der Waals surface area contributed by atoms with Gasteiger partial charge in [0.05, 0.1) is 5.92 Å². The van der Waals surface area contributed by atoms with Crippen LogP contribution in [0.5, 0.6) is 0 Å². The third kappa shape index (κ3) is 4.21. The number of nitrogens with zero attached hydrogens (tertiary/aromatic N) is 1. The van der Waals surface area contributed by atoms with Crippen LogP contribution in [0.3, 0.4) is 0 Å². The molecule has 4 heteroatoms. The van der Waals surface area contributed by atoms with Crippen LogP contribution in [0.4, 0.5) is 0 Å². The van der Waals surface area contributed by atoms with Crippen molar-refractivity contribution in [1.82, 2.24) is 10.2 Å². The Morgan fingerprint density at radius 3 is 2.50 bits per heavy atom. The van der Waals surface area contributed by atoms with E-state index in [1.165, 1.54) is 0 Å². The van der Waals surface area contributed by atoms with E-state index in [-0.39, 0.29) is 17.7 Å². The molecule has 0 aliphatic carbocycles. The zero-order chi connectivity index (χ0) is 12.6. The standard InChI is InChI=1S/C10H18N2O2.C2H6/c1-3-9(13)12-6-4-5-8(7-12)10(14)11-2;1-2/h8H,3-7H2,1-2H3,(H,11,14);1-2H3. The first-order valence-corrected chi connectivity index (χ1v) is 6.18. The molecule has 0 spiro atoms. The van der Waals surface area contributed by atoms with Gasteiger partial charge in [0.25, 0.3) is 0 Å². The van der Waals surface area contributed by atoms with Gasteiger partial charge in [-0.25, -0.2) is 0 Å². The van der Waals surface area contributed by atoms with E-state index in [2.05, 4.69) is 5.32 Å². The van der Waals surface area contributed by atoms with Gasteiger partial charge in [-0.1, -0.05) is 20.8 Å². The highest BCUT2D eigenvalue weighted by Gasteiger charge is 2.26. The summed E-state index contributed by atoms with van der Waals surface area (Å²) in [6.45, 7) is 7.25. The van der Waals surface area contributed by atoms with Crippen molar-refractivity contribution in [3.63, 3.8) is 0 Å². The zero-order valence-corrected chi connectivity index (χ0v) is 10.9. The van der Waals surface area contributed by atoms with Crippen LogP contribution >= 0.6 is 0 Å². The van der Waals surface area contributed by atoms with Crippen molar-refractivity contribution < 1.29 is 9.59 Å². The highest BCUT2D eigenvalue weighted by molar-refractivity contribution is 5.81. The summed E-state index contributed by atoms with van der Waals surface area (Å²) in [6.07, 6.45) is 2.36. The predicted octanol–water partition coefficient (Wildman–Crippen LogP) is 1.41. The highest BCUT2D eigenvalue weighted by atomic mass is 16.2. The molecule has 94 valence electrons. The molecule has 0 aromatic rings. The fourth-order valence-corrected chi connectivity index (χ4v) is 1.85. The normalized spacial score (nSPS) is 19.5. The van der Waals surface area contributed by atoms with Crippen molar-refractivity contribution in [2.75, 3.05) is 20.1 Å². The molecule has 4 nitrogen and oxygen atoms in total. The monoisotopic (exact) mass is 228 g/mol. The first kappa shape index (κ1) is 14.9. The average molecular weight is 228 g/mol. The Morgan fingerprint density at radius 2 is 2.00 bits per heavy atom. The van der Waals surface area contributed by atoms with Gasteiger partial charge in [0.2, 0.25) is 11.8 Å². The van der Waals surface area contributed by atoms with Gasteiger partial charge in [0, 0.05) is 26.6 Å². The van der Waals surface area contributed by atoms with E-state index in [4.69, 9.17) is 0 Å². The van der Waals surface area contributed by atoms with Crippen molar-refractivity contribution >= 4 is 11.8 Å². The fraction of sp³-hybridized carbons (Fsp3) is 0.833. The Labute approximate surface area is 98.4 Å². The van der Waals surface area contributed by atoms with Gasteiger partial charge in [-0.2, -0.15) is 0 Å². The van der Waals surface area contributed by atoms with Crippen molar-refractivity contribution in [2.45, 2.75) is 40.0 Å². The lowest BCUT2D eigenvalue weighted by Crippen LogP contribution is -2.44. The number of likely N-dealkylation sites (tertiary alicyclic amines) is 1. The molecule has 16 heavy (non-hydrogen) atoms. The summed E-state index contributed by atoms with van der Waals surface area (Å²) in [7, 11) is 1.64. The minimum absolute atomic E-state index is 0.00995. The van der Waals surface area contributed by atoms with Crippen LogP contribution in [-0.2, 0) is 9.59 Å². The Hall–Kier alpha value is -1.06. The molecule has 2 amide bonds. The molecule has 0 radical (unpaired) electrons. The molecule has 1 aliphatic heterocycles. The lowest BCUT2D eigenvalue weighted by molar-refractivity contribution is -0.135. The number of nitrogens with one attached hydrogen (secondary N) is 1. The van der Waals surface area contributed by atoms with E-state index in [1.54, 1.807) is 11.9 Å². The maximum atomic E-state index is 11.4. The smallest absolute Gasteiger partial charge is 0.224 e. The number of carbonyl (C=O) groups is 2. The van der Waals surface area contributed by atoms with E-state index >= 15 is 0 Å². The SMILES string of the molecule is CC.CCC(=O)N1CCCC(C(=O)NC)C1. The molecule has 0 aromatic carbocycles. The Kier molecular flexibility index (Phi) is 7.60. The van der Waals surface area contributed by atoms with Crippen molar-refractivity contribution in [2.24, 2.45) is 5.92 Å². The molecule has 0 saturated carbocycles. The van der Waals surface area contributed by atoms with Gasteiger partial charge in [-0.05, 0) is 12.8 Å². The summed E-state index contributed by atoms with van der Waals surface area (Å²) in [5.74, 6) is 0.196. The number of hydrogen-bond acceptors (Lipinski definition) is 2. The molecule has 1 fully saturated rings. The van der Waals surface area contributed by atoms with Crippen LogP contribution in [0.1, 0.15) is 40.0 Å². The van der Waals surface area contributed by atoms with Gasteiger partial charge in [0.15, 0.2) is 0 Å². The molecule has 1 aliphatic rings. The first-order valence-electron chi connectivity index (χ1n) is 6.18. The summed E-state index contributed by atoms with van der Waals surface area (Å²) >= 11 is 0. The number of carbonyl (C=O) groups excluding carboxylic acids is 2. The van der Waals surface area contributed by atoms with Gasteiger partial charge in [-0.3, -0.25) is 9.59 Å². The summed E-state index contributed by atoms with van der Waals surface area (Å²) in [6, 6.07) is 0. The number of hydrogen-bond donors (Lipinski definition) is 1. The van der Waals surface area contributed by atoms with Crippen LogP contribution in [0.2, 0.25) is 0 Å². The lowest BCUT2D eigenvalue weighted by Gasteiger charge is -2.31.